The molecule has 19 heavy (non-hydrogen) atoms. The van der Waals surface area contributed by atoms with Gasteiger partial charge in [-0.1, -0.05) is 0 Å². The Labute approximate surface area is 106 Å². The molecule has 0 aliphatic heterocycles. The molecule has 0 spiro atoms. The normalized spacial score (nSPS) is 11.8. The van der Waals surface area contributed by atoms with Crippen LogP contribution in [0.4, 0.5) is 17.6 Å². The van der Waals surface area contributed by atoms with Crippen LogP contribution in [0.5, 0.6) is 0 Å². The number of pyridine rings is 1. The van der Waals surface area contributed by atoms with Crippen LogP contribution in [0.3, 0.4) is 0 Å². The van der Waals surface area contributed by atoms with Crippen LogP contribution in [0.15, 0.2) is 24.5 Å². The lowest BCUT2D eigenvalue weighted by Crippen LogP contribution is -2.09. The van der Waals surface area contributed by atoms with Gasteiger partial charge in [0.15, 0.2) is 0 Å². The molecule has 0 atom stereocenters. The number of aryl methyl sites for hydroxylation is 3. The standard InChI is InChI=1S/C12H11F4N3/c1-19-9(4-5-18-19)2-3-11-10(13)6-8(7-17-11)12(14,15)16/h4-7H,2-3H2,1H3. The maximum Gasteiger partial charge on any atom is 0.417 e. The molecule has 0 radical (unpaired) electrons. The maximum absolute atomic E-state index is 13.5. The molecule has 0 unspecified atom stereocenters. The van der Waals surface area contributed by atoms with E-state index >= 15 is 0 Å². The zero-order chi connectivity index (χ0) is 14.0. The molecule has 0 saturated heterocycles. The van der Waals surface area contributed by atoms with E-state index in [0.717, 1.165) is 5.69 Å². The summed E-state index contributed by atoms with van der Waals surface area (Å²) in [4.78, 5) is 3.55. The van der Waals surface area contributed by atoms with Crippen LogP contribution >= 0.6 is 0 Å². The molecular formula is C12H11F4N3. The van der Waals surface area contributed by atoms with Gasteiger partial charge in [0.05, 0.1) is 11.3 Å². The van der Waals surface area contributed by atoms with E-state index in [1.54, 1.807) is 24.0 Å². The quantitative estimate of drug-likeness (QED) is 0.805. The highest BCUT2D eigenvalue weighted by molar-refractivity contribution is 5.19. The van der Waals surface area contributed by atoms with Crippen LogP contribution in [-0.4, -0.2) is 14.8 Å². The van der Waals surface area contributed by atoms with Crippen molar-refractivity contribution in [1.82, 2.24) is 14.8 Å². The second-order valence-electron chi connectivity index (χ2n) is 4.10. The molecule has 2 rings (SSSR count). The van der Waals surface area contributed by atoms with Gasteiger partial charge in [-0.15, -0.1) is 0 Å². The lowest BCUT2D eigenvalue weighted by Gasteiger charge is -2.08. The Bertz CT molecular complexity index is 575. The minimum atomic E-state index is -4.57. The molecule has 0 fully saturated rings. The summed E-state index contributed by atoms with van der Waals surface area (Å²) in [6.45, 7) is 0. The number of halogens is 4. The first-order valence-corrected chi connectivity index (χ1v) is 5.56. The number of hydrogen-bond acceptors (Lipinski definition) is 2. The topological polar surface area (TPSA) is 30.7 Å². The molecule has 0 amide bonds. The van der Waals surface area contributed by atoms with Crippen LogP contribution in [0.1, 0.15) is 17.0 Å². The predicted molar refractivity (Wildman–Crippen MR) is 59.8 cm³/mol. The summed E-state index contributed by atoms with van der Waals surface area (Å²) in [6, 6.07) is 2.24. The van der Waals surface area contributed by atoms with E-state index < -0.39 is 17.6 Å². The van der Waals surface area contributed by atoms with Gasteiger partial charge in [-0.3, -0.25) is 9.67 Å². The summed E-state index contributed by atoms with van der Waals surface area (Å²) < 4.78 is 52.2. The zero-order valence-corrected chi connectivity index (χ0v) is 10.1. The molecular weight excluding hydrogens is 262 g/mol. The van der Waals surface area contributed by atoms with Crippen molar-refractivity contribution >= 4 is 0 Å². The molecule has 7 heteroatoms. The van der Waals surface area contributed by atoms with E-state index in [9.17, 15) is 17.6 Å². The highest BCUT2D eigenvalue weighted by Crippen LogP contribution is 2.29. The molecule has 0 bridgehead atoms. The van der Waals surface area contributed by atoms with Crippen molar-refractivity contribution in [2.75, 3.05) is 0 Å². The van der Waals surface area contributed by atoms with Gasteiger partial charge < -0.3 is 0 Å². The van der Waals surface area contributed by atoms with Crippen LogP contribution in [0, 0.1) is 5.82 Å². The fourth-order valence-corrected chi connectivity index (χ4v) is 1.70. The Hall–Kier alpha value is -1.92. The van der Waals surface area contributed by atoms with Crippen LogP contribution in [0.2, 0.25) is 0 Å². The molecule has 0 saturated carbocycles. The monoisotopic (exact) mass is 273 g/mol. The smallest absolute Gasteiger partial charge is 0.273 e. The first kappa shape index (κ1) is 13.5. The fourth-order valence-electron chi connectivity index (χ4n) is 1.70. The van der Waals surface area contributed by atoms with Crippen LogP contribution in [0.25, 0.3) is 0 Å². The summed E-state index contributed by atoms with van der Waals surface area (Å²) in [6.07, 6.45) is -1.63. The Morgan fingerprint density at radius 2 is 2.00 bits per heavy atom. The average Bonchev–Trinajstić information content (AvgIpc) is 2.72. The van der Waals surface area contributed by atoms with Gasteiger partial charge in [0.25, 0.3) is 0 Å². The lowest BCUT2D eigenvalue weighted by atomic mass is 10.1. The Balaban J connectivity index is 2.12. The Morgan fingerprint density at radius 3 is 2.53 bits per heavy atom. The number of nitrogens with zero attached hydrogens (tertiary/aromatic N) is 3. The van der Waals surface area contributed by atoms with E-state index in [4.69, 9.17) is 0 Å². The summed E-state index contributed by atoms with van der Waals surface area (Å²) in [7, 11) is 1.74. The molecule has 0 aliphatic rings. The summed E-state index contributed by atoms with van der Waals surface area (Å²) in [5.41, 5.74) is -0.190. The maximum atomic E-state index is 13.5. The van der Waals surface area contributed by atoms with Gasteiger partial charge in [-0.05, 0) is 25.0 Å². The van der Waals surface area contributed by atoms with Gasteiger partial charge in [0.2, 0.25) is 0 Å². The molecule has 2 aromatic rings. The van der Waals surface area contributed by atoms with Crippen molar-refractivity contribution in [3.63, 3.8) is 0 Å². The summed E-state index contributed by atoms with van der Waals surface area (Å²) in [5, 5.41) is 3.95. The number of aromatic nitrogens is 3. The van der Waals surface area contributed by atoms with Crippen molar-refractivity contribution in [3.05, 3.63) is 47.3 Å². The number of alkyl halides is 3. The second-order valence-corrected chi connectivity index (χ2v) is 4.10. The van der Waals surface area contributed by atoms with E-state index in [1.165, 1.54) is 0 Å². The third-order valence-corrected chi connectivity index (χ3v) is 2.79. The number of rotatable bonds is 3. The third kappa shape index (κ3) is 3.10. The molecule has 102 valence electrons. The van der Waals surface area contributed by atoms with Crippen LogP contribution in [-0.2, 0) is 26.1 Å². The van der Waals surface area contributed by atoms with E-state index in [2.05, 4.69) is 10.1 Å². The molecule has 0 aliphatic carbocycles. The first-order valence-electron chi connectivity index (χ1n) is 5.56. The highest BCUT2D eigenvalue weighted by atomic mass is 19.4. The van der Waals surface area contributed by atoms with Crippen molar-refractivity contribution in [3.8, 4) is 0 Å². The Kier molecular flexibility index (Phi) is 3.55. The minimum absolute atomic E-state index is 0.0224. The summed E-state index contributed by atoms with van der Waals surface area (Å²) in [5.74, 6) is -0.933. The number of hydrogen-bond donors (Lipinski definition) is 0. The van der Waals surface area contributed by atoms with Crippen molar-refractivity contribution in [2.45, 2.75) is 19.0 Å². The molecule has 3 nitrogen and oxygen atoms in total. The van der Waals surface area contributed by atoms with Crippen molar-refractivity contribution in [1.29, 1.82) is 0 Å². The van der Waals surface area contributed by atoms with E-state index in [-0.39, 0.29) is 12.1 Å². The van der Waals surface area contributed by atoms with Crippen molar-refractivity contribution < 1.29 is 17.6 Å². The zero-order valence-electron chi connectivity index (χ0n) is 10.1. The van der Waals surface area contributed by atoms with Gasteiger partial charge >= 0.3 is 6.18 Å². The molecule has 0 N–H and O–H groups in total. The molecule has 0 aromatic carbocycles. The van der Waals surface area contributed by atoms with Crippen molar-refractivity contribution in [2.24, 2.45) is 7.05 Å². The van der Waals surface area contributed by atoms with Gasteiger partial charge in [-0.2, -0.15) is 18.3 Å². The fraction of sp³-hybridized carbons (Fsp3) is 0.333. The van der Waals surface area contributed by atoms with E-state index in [1.807, 2.05) is 0 Å². The van der Waals surface area contributed by atoms with Gasteiger partial charge in [0, 0.05) is 25.1 Å². The van der Waals surface area contributed by atoms with E-state index in [0.29, 0.717) is 18.7 Å². The lowest BCUT2D eigenvalue weighted by molar-refractivity contribution is -0.138. The van der Waals surface area contributed by atoms with Gasteiger partial charge in [-0.25, -0.2) is 4.39 Å². The SMILES string of the molecule is Cn1nccc1CCc1ncc(C(F)(F)F)cc1F. The first-order chi connectivity index (χ1) is 8.88. The predicted octanol–water partition coefficient (Wildman–Crippen LogP) is 2.76. The van der Waals surface area contributed by atoms with Gasteiger partial charge in [0.1, 0.15) is 5.82 Å². The largest absolute Gasteiger partial charge is 0.417 e. The minimum Gasteiger partial charge on any atom is -0.273 e. The molecule has 2 heterocycles. The Morgan fingerprint density at radius 1 is 1.26 bits per heavy atom. The third-order valence-electron chi connectivity index (χ3n) is 2.79. The summed E-state index contributed by atoms with van der Waals surface area (Å²) >= 11 is 0. The molecule has 2 aromatic heterocycles. The second kappa shape index (κ2) is 4.99. The average molecular weight is 273 g/mol. The van der Waals surface area contributed by atoms with Crippen LogP contribution < -0.4 is 0 Å². The highest BCUT2D eigenvalue weighted by Gasteiger charge is 2.31.